The van der Waals surface area contributed by atoms with E-state index in [-0.39, 0.29) is 10.8 Å². The lowest BCUT2D eigenvalue weighted by Crippen LogP contribution is -2.44. The largest absolute Gasteiger partial charge is 0.356 e. The van der Waals surface area contributed by atoms with Crippen LogP contribution in [0.25, 0.3) is 0 Å². The van der Waals surface area contributed by atoms with Crippen LogP contribution in [0.2, 0.25) is 0 Å². The second-order valence-electron chi connectivity index (χ2n) is 10.5. The Morgan fingerprint density at radius 1 is 1.18 bits per heavy atom. The number of hydrogen-bond donors (Lipinski definition) is 1. The highest BCUT2D eigenvalue weighted by molar-refractivity contribution is 5.82. The molecule has 1 aromatic heterocycles. The number of nitrogens with zero attached hydrogens (tertiary/aromatic N) is 3. The van der Waals surface area contributed by atoms with Gasteiger partial charge >= 0.3 is 0 Å². The normalized spacial score (nSPS) is 20.4. The van der Waals surface area contributed by atoms with Gasteiger partial charge in [-0.1, -0.05) is 70.9 Å². The third-order valence-corrected chi connectivity index (χ3v) is 6.59. The summed E-state index contributed by atoms with van der Waals surface area (Å²) in [6.45, 7) is 8.20. The lowest BCUT2D eigenvalue weighted by Gasteiger charge is -2.38. The van der Waals surface area contributed by atoms with Crippen molar-refractivity contribution < 1.29 is 4.79 Å². The van der Waals surface area contributed by atoms with Crippen LogP contribution in [0, 0.1) is 16.7 Å². The molecule has 2 aliphatic rings. The maximum Gasteiger partial charge on any atom is 0.226 e. The molecule has 0 aromatic carbocycles. The minimum Gasteiger partial charge on any atom is -0.356 e. The van der Waals surface area contributed by atoms with Crippen molar-refractivity contribution in [2.75, 3.05) is 6.54 Å². The minimum atomic E-state index is -0.0829. The van der Waals surface area contributed by atoms with E-state index in [1.54, 1.807) is 0 Å². The van der Waals surface area contributed by atoms with Gasteiger partial charge in [-0.15, -0.1) is 5.10 Å². The number of aromatic nitrogens is 3. The molecule has 0 spiro atoms. The number of hydrogen-bond acceptors (Lipinski definition) is 3. The average Bonchev–Trinajstić information content (AvgIpc) is 3.30. The van der Waals surface area contributed by atoms with E-state index in [9.17, 15) is 4.79 Å². The maximum absolute atomic E-state index is 13.1. The Morgan fingerprint density at radius 2 is 1.89 bits per heavy atom. The quantitative estimate of drug-likeness (QED) is 0.644. The molecular weight excluding hydrogens is 348 g/mol. The van der Waals surface area contributed by atoms with Gasteiger partial charge in [0.2, 0.25) is 5.91 Å². The maximum atomic E-state index is 13.1. The van der Waals surface area contributed by atoms with Gasteiger partial charge in [0.15, 0.2) is 0 Å². The van der Waals surface area contributed by atoms with Crippen molar-refractivity contribution in [2.24, 2.45) is 16.7 Å². The molecule has 0 saturated heterocycles. The summed E-state index contributed by atoms with van der Waals surface area (Å²) in [6, 6.07) is 0. The second-order valence-corrected chi connectivity index (χ2v) is 10.5. The van der Waals surface area contributed by atoms with Gasteiger partial charge in [0.1, 0.15) is 0 Å². The van der Waals surface area contributed by atoms with Gasteiger partial charge in [-0.05, 0) is 43.4 Å². The first-order valence-corrected chi connectivity index (χ1v) is 11.5. The zero-order chi connectivity index (χ0) is 20.0. The molecule has 2 aliphatic carbocycles. The fraction of sp³-hybridized carbons (Fsp3) is 0.870. The number of amides is 1. The summed E-state index contributed by atoms with van der Waals surface area (Å²) in [4.78, 5) is 13.1. The van der Waals surface area contributed by atoms with E-state index in [1.807, 2.05) is 4.68 Å². The molecule has 5 heteroatoms. The molecule has 0 aliphatic heterocycles. The predicted octanol–water partition coefficient (Wildman–Crippen LogP) is 4.90. The number of carbonyl (C=O) groups excluding carboxylic acids is 1. The molecular formula is C23H40N4O. The molecule has 5 nitrogen and oxygen atoms in total. The summed E-state index contributed by atoms with van der Waals surface area (Å²) < 4.78 is 1.92. The first-order chi connectivity index (χ1) is 13.4. The fourth-order valence-electron chi connectivity index (χ4n) is 5.22. The van der Waals surface area contributed by atoms with Gasteiger partial charge in [-0.2, -0.15) is 0 Å². The summed E-state index contributed by atoms with van der Waals surface area (Å²) in [5.41, 5.74) is 1.19. The van der Waals surface area contributed by atoms with Crippen LogP contribution >= 0.6 is 0 Å². The lowest BCUT2D eigenvalue weighted by molar-refractivity contribution is -0.134. The summed E-state index contributed by atoms with van der Waals surface area (Å²) in [7, 11) is 0. The molecule has 1 amide bonds. The zero-order valence-electron chi connectivity index (χ0n) is 18.3. The number of rotatable bonds is 8. The highest BCUT2D eigenvalue weighted by Gasteiger charge is 2.41. The monoisotopic (exact) mass is 388 g/mol. The Morgan fingerprint density at radius 3 is 2.57 bits per heavy atom. The van der Waals surface area contributed by atoms with Crippen molar-refractivity contribution in [3.05, 3.63) is 11.9 Å². The summed E-state index contributed by atoms with van der Waals surface area (Å²) in [5, 5.41) is 11.8. The van der Waals surface area contributed by atoms with Crippen LogP contribution in [0.1, 0.15) is 97.1 Å². The Hall–Kier alpha value is -1.39. The van der Waals surface area contributed by atoms with Gasteiger partial charge in [-0.25, -0.2) is 0 Å². The van der Waals surface area contributed by atoms with E-state index in [2.05, 4.69) is 42.6 Å². The standard InChI is InChI=1S/C23H40N4O/c1-22(2,3)17-20-18-27(26-25-20)15-9-14-24-21(28)23(12-7-4-8-13-23)16-19-10-5-6-11-19/h18-19H,4-17H2,1-3H3,(H,24,28). The van der Waals surface area contributed by atoms with Crippen molar-refractivity contribution in [1.29, 1.82) is 0 Å². The van der Waals surface area contributed by atoms with Gasteiger partial charge in [-0.3, -0.25) is 9.48 Å². The van der Waals surface area contributed by atoms with Crippen molar-refractivity contribution in [3.63, 3.8) is 0 Å². The van der Waals surface area contributed by atoms with Crippen LogP contribution in [-0.4, -0.2) is 27.4 Å². The van der Waals surface area contributed by atoms with Crippen molar-refractivity contribution >= 4 is 5.91 Å². The average molecular weight is 389 g/mol. The predicted molar refractivity (Wildman–Crippen MR) is 113 cm³/mol. The molecule has 28 heavy (non-hydrogen) atoms. The van der Waals surface area contributed by atoms with Crippen LogP contribution in [0.15, 0.2) is 6.20 Å². The third kappa shape index (κ3) is 6.05. The molecule has 0 unspecified atom stereocenters. The molecule has 1 N–H and O–H groups in total. The van der Waals surface area contributed by atoms with Crippen molar-refractivity contribution in [1.82, 2.24) is 20.3 Å². The van der Waals surface area contributed by atoms with Gasteiger partial charge < -0.3 is 5.32 Å². The van der Waals surface area contributed by atoms with E-state index in [0.717, 1.165) is 56.8 Å². The lowest BCUT2D eigenvalue weighted by atomic mass is 9.68. The summed E-state index contributed by atoms with van der Waals surface area (Å²) in [5.74, 6) is 1.10. The fourth-order valence-corrected chi connectivity index (χ4v) is 5.22. The van der Waals surface area contributed by atoms with E-state index in [4.69, 9.17) is 0 Å². The SMILES string of the molecule is CC(C)(C)Cc1cn(CCCNC(=O)C2(CC3CCCC3)CCCCC2)nn1. The molecule has 158 valence electrons. The van der Waals surface area contributed by atoms with Crippen LogP contribution in [-0.2, 0) is 17.8 Å². The van der Waals surface area contributed by atoms with Crippen LogP contribution in [0.5, 0.6) is 0 Å². The Bertz CT molecular complexity index is 619. The number of aryl methyl sites for hydroxylation is 1. The van der Waals surface area contributed by atoms with E-state index in [0.29, 0.717) is 5.91 Å². The van der Waals surface area contributed by atoms with E-state index < -0.39 is 0 Å². The van der Waals surface area contributed by atoms with Gasteiger partial charge in [0.25, 0.3) is 0 Å². The topological polar surface area (TPSA) is 59.8 Å². The van der Waals surface area contributed by atoms with Gasteiger partial charge in [0, 0.05) is 24.7 Å². The molecule has 2 fully saturated rings. The van der Waals surface area contributed by atoms with Crippen molar-refractivity contribution in [2.45, 2.75) is 104 Å². The molecule has 0 radical (unpaired) electrons. The highest BCUT2D eigenvalue weighted by Crippen LogP contribution is 2.45. The molecule has 1 aromatic rings. The smallest absolute Gasteiger partial charge is 0.226 e. The first-order valence-electron chi connectivity index (χ1n) is 11.5. The van der Waals surface area contributed by atoms with E-state index >= 15 is 0 Å². The first kappa shape index (κ1) is 21.3. The minimum absolute atomic E-state index is 0.0829. The second kappa shape index (κ2) is 9.41. The molecule has 1 heterocycles. The zero-order valence-corrected chi connectivity index (χ0v) is 18.3. The Balaban J connectivity index is 1.45. The Labute approximate surface area is 171 Å². The Kier molecular flexibility index (Phi) is 7.16. The van der Waals surface area contributed by atoms with Crippen LogP contribution < -0.4 is 5.32 Å². The van der Waals surface area contributed by atoms with Crippen LogP contribution in [0.4, 0.5) is 0 Å². The van der Waals surface area contributed by atoms with Crippen LogP contribution in [0.3, 0.4) is 0 Å². The molecule has 0 atom stereocenters. The number of nitrogens with one attached hydrogen (secondary N) is 1. The highest BCUT2D eigenvalue weighted by atomic mass is 16.2. The third-order valence-electron chi connectivity index (χ3n) is 6.59. The summed E-state index contributed by atoms with van der Waals surface area (Å²) in [6.07, 6.45) is 16.3. The van der Waals surface area contributed by atoms with Crippen molar-refractivity contribution in [3.8, 4) is 0 Å². The molecule has 0 bridgehead atoms. The molecule has 3 rings (SSSR count). The molecule has 2 saturated carbocycles. The van der Waals surface area contributed by atoms with E-state index in [1.165, 1.54) is 44.9 Å². The van der Waals surface area contributed by atoms with Gasteiger partial charge in [0.05, 0.1) is 5.69 Å². The summed E-state index contributed by atoms with van der Waals surface area (Å²) >= 11 is 0. The number of carbonyl (C=O) groups is 1.